The number of benzene rings is 2. The smallest absolute Gasteiger partial charge is 0.373 e. The van der Waals surface area contributed by atoms with Gasteiger partial charge in [-0.3, -0.25) is 19.3 Å². The van der Waals surface area contributed by atoms with Gasteiger partial charge in [0.05, 0.1) is 19.1 Å². The van der Waals surface area contributed by atoms with Gasteiger partial charge in [0.25, 0.3) is 11.1 Å². The SMILES string of the molecule is COC(=O)c1ccc(COc2ccc(/C=C3/SC(=O)N(CC(=O)Nc4c(C)cccc4C)C3=O)cc2OC)o1. The molecule has 1 aliphatic rings. The number of para-hydroxylation sites is 1. The molecule has 39 heavy (non-hydrogen) atoms. The molecule has 1 saturated heterocycles. The van der Waals surface area contributed by atoms with Crippen LogP contribution in [0.25, 0.3) is 6.08 Å². The molecule has 2 heterocycles. The Kier molecular flexibility index (Phi) is 8.40. The highest BCUT2D eigenvalue weighted by atomic mass is 32.2. The highest BCUT2D eigenvalue weighted by Crippen LogP contribution is 2.35. The zero-order valence-corrected chi connectivity index (χ0v) is 22.5. The summed E-state index contributed by atoms with van der Waals surface area (Å²) in [6.45, 7) is 3.38. The van der Waals surface area contributed by atoms with E-state index in [1.807, 2.05) is 32.0 Å². The van der Waals surface area contributed by atoms with Gasteiger partial charge < -0.3 is 23.9 Å². The van der Waals surface area contributed by atoms with Crippen LogP contribution in [0, 0.1) is 13.8 Å². The molecule has 0 radical (unpaired) electrons. The number of anilines is 1. The van der Waals surface area contributed by atoms with E-state index >= 15 is 0 Å². The van der Waals surface area contributed by atoms with E-state index in [1.165, 1.54) is 20.3 Å². The number of methoxy groups -OCH3 is 2. The number of amides is 3. The Morgan fingerprint density at radius 3 is 2.46 bits per heavy atom. The lowest BCUT2D eigenvalue weighted by Crippen LogP contribution is -2.36. The minimum atomic E-state index is -0.588. The Hall–Kier alpha value is -4.51. The maximum absolute atomic E-state index is 12.9. The summed E-state index contributed by atoms with van der Waals surface area (Å²) in [6, 6.07) is 13.7. The van der Waals surface area contributed by atoms with E-state index in [1.54, 1.807) is 30.3 Å². The average Bonchev–Trinajstić information content (AvgIpc) is 3.50. The maximum atomic E-state index is 12.9. The van der Waals surface area contributed by atoms with Crippen LogP contribution in [-0.2, 0) is 20.9 Å². The normalized spacial score (nSPS) is 14.1. The summed E-state index contributed by atoms with van der Waals surface area (Å²) in [5.41, 5.74) is 3.02. The number of nitrogens with zero attached hydrogens (tertiary/aromatic N) is 1. The van der Waals surface area contributed by atoms with Crippen molar-refractivity contribution in [1.82, 2.24) is 4.90 Å². The van der Waals surface area contributed by atoms with Crippen LogP contribution >= 0.6 is 11.8 Å². The molecular formula is C28H26N2O8S. The van der Waals surface area contributed by atoms with Crippen molar-refractivity contribution in [3.8, 4) is 11.5 Å². The van der Waals surface area contributed by atoms with Gasteiger partial charge in [-0.05, 0) is 72.6 Å². The highest BCUT2D eigenvalue weighted by molar-refractivity contribution is 8.18. The third-order valence-electron chi connectivity index (χ3n) is 5.82. The number of ether oxygens (including phenoxy) is 3. The summed E-state index contributed by atoms with van der Waals surface area (Å²) >= 11 is 0.759. The predicted octanol–water partition coefficient (Wildman–Crippen LogP) is 4.95. The van der Waals surface area contributed by atoms with Crippen molar-refractivity contribution >= 4 is 46.5 Å². The van der Waals surface area contributed by atoms with Crippen LogP contribution in [0.4, 0.5) is 10.5 Å². The van der Waals surface area contributed by atoms with Gasteiger partial charge in [-0.15, -0.1) is 0 Å². The summed E-state index contributed by atoms with van der Waals surface area (Å²) < 4.78 is 21.2. The number of esters is 1. The lowest BCUT2D eigenvalue weighted by atomic mass is 10.1. The lowest BCUT2D eigenvalue weighted by molar-refractivity contribution is -0.127. The minimum absolute atomic E-state index is 0.0374. The number of hydrogen-bond donors (Lipinski definition) is 1. The van der Waals surface area contributed by atoms with Gasteiger partial charge >= 0.3 is 5.97 Å². The molecule has 4 rings (SSSR count). The summed E-state index contributed by atoms with van der Waals surface area (Å²) in [5, 5.41) is 2.26. The third kappa shape index (κ3) is 6.32. The molecule has 202 valence electrons. The van der Waals surface area contributed by atoms with Crippen molar-refractivity contribution in [3.05, 3.63) is 81.6 Å². The van der Waals surface area contributed by atoms with E-state index < -0.39 is 29.6 Å². The van der Waals surface area contributed by atoms with Gasteiger partial charge in [0.15, 0.2) is 11.5 Å². The Morgan fingerprint density at radius 2 is 1.77 bits per heavy atom. The minimum Gasteiger partial charge on any atom is -0.493 e. The molecule has 0 spiro atoms. The first-order chi connectivity index (χ1) is 18.7. The number of hydrogen-bond acceptors (Lipinski definition) is 9. The third-order valence-corrected chi connectivity index (χ3v) is 6.73. The molecule has 1 aliphatic heterocycles. The van der Waals surface area contributed by atoms with Gasteiger partial charge in [0.1, 0.15) is 18.9 Å². The fourth-order valence-corrected chi connectivity index (χ4v) is 4.67. The second kappa shape index (κ2) is 11.9. The number of carbonyl (C=O) groups is 4. The van der Waals surface area contributed by atoms with Crippen LogP contribution in [0.5, 0.6) is 11.5 Å². The molecule has 1 N–H and O–H groups in total. The van der Waals surface area contributed by atoms with E-state index in [0.29, 0.717) is 28.5 Å². The molecule has 11 heteroatoms. The molecule has 0 unspecified atom stereocenters. The van der Waals surface area contributed by atoms with Gasteiger partial charge in [-0.25, -0.2) is 4.79 Å². The van der Waals surface area contributed by atoms with Crippen LogP contribution in [0.3, 0.4) is 0 Å². The Balaban J connectivity index is 1.42. The molecule has 0 atom stereocenters. The fourth-order valence-electron chi connectivity index (χ4n) is 3.83. The molecule has 3 aromatic rings. The van der Waals surface area contributed by atoms with Crippen molar-refractivity contribution in [2.45, 2.75) is 20.5 Å². The quantitative estimate of drug-likeness (QED) is 0.291. The summed E-state index contributed by atoms with van der Waals surface area (Å²) in [5.74, 6) is -0.339. The van der Waals surface area contributed by atoms with Crippen LogP contribution in [-0.4, -0.2) is 48.7 Å². The monoisotopic (exact) mass is 550 g/mol. The van der Waals surface area contributed by atoms with E-state index in [-0.39, 0.29) is 17.3 Å². The molecular weight excluding hydrogens is 524 g/mol. The second-order valence-corrected chi connectivity index (χ2v) is 9.53. The molecule has 0 bridgehead atoms. The van der Waals surface area contributed by atoms with Crippen LogP contribution in [0.2, 0.25) is 0 Å². The second-order valence-electron chi connectivity index (χ2n) is 8.54. The number of aryl methyl sites for hydroxylation is 2. The van der Waals surface area contributed by atoms with Gasteiger partial charge in [0, 0.05) is 5.69 Å². The maximum Gasteiger partial charge on any atom is 0.373 e. The molecule has 0 saturated carbocycles. The fraction of sp³-hybridized carbons (Fsp3) is 0.214. The molecule has 2 aromatic carbocycles. The van der Waals surface area contributed by atoms with E-state index in [0.717, 1.165) is 27.8 Å². The molecule has 10 nitrogen and oxygen atoms in total. The molecule has 3 amide bonds. The number of imide groups is 1. The Morgan fingerprint density at radius 1 is 1.03 bits per heavy atom. The number of nitrogens with one attached hydrogen (secondary N) is 1. The summed E-state index contributed by atoms with van der Waals surface area (Å²) in [4.78, 5) is 50.7. The van der Waals surface area contributed by atoms with Crippen LogP contribution < -0.4 is 14.8 Å². The van der Waals surface area contributed by atoms with Gasteiger partial charge in [0.2, 0.25) is 11.7 Å². The van der Waals surface area contributed by atoms with Crippen molar-refractivity contribution in [1.29, 1.82) is 0 Å². The standard InChI is InChI=1S/C28H26N2O8S/c1-16-6-5-7-17(2)25(16)29-24(31)14-30-26(32)23(39-28(30)34)13-18-8-10-20(22(12-18)35-3)37-15-19-9-11-21(38-19)27(33)36-4/h5-13H,14-15H2,1-4H3,(H,29,31)/b23-13+. The van der Waals surface area contributed by atoms with E-state index in [4.69, 9.17) is 13.9 Å². The average molecular weight is 551 g/mol. The number of carbonyl (C=O) groups excluding carboxylic acids is 4. The van der Waals surface area contributed by atoms with Gasteiger partial charge in [-0.1, -0.05) is 24.3 Å². The zero-order chi connectivity index (χ0) is 28.1. The Labute approximate surface area is 228 Å². The van der Waals surface area contributed by atoms with E-state index in [2.05, 4.69) is 10.1 Å². The molecule has 1 fully saturated rings. The summed E-state index contributed by atoms with van der Waals surface area (Å²) in [6.07, 6.45) is 1.55. The highest BCUT2D eigenvalue weighted by Gasteiger charge is 2.36. The van der Waals surface area contributed by atoms with Gasteiger partial charge in [-0.2, -0.15) is 0 Å². The van der Waals surface area contributed by atoms with E-state index in [9.17, 15) is 19.2 Å². The Bertz CT molecular complexity index is 1460. The van der Waals surface area contributed by atoms with Crippen molar-refractivity contribution in [2.24, 2.45) is 0 Å². The van der Waals surface area contributed by atoms with Crippen molar-refractivity contribution < 1.29 is 37.8 Å². The lowest BCUT2D eigenvalue weighted by Gasteiger charge is -2.15. The molecule has 1 aromatic heterocycles. The number of furan rings is 1. The number of rotatable bonds is 9. The number of thioether (sulfide) groups is 1. The predicted molar refractivity (Wildman–Crippen MR) is 145 cm³/mol. The van der Waals surface area contributed by atoms with Crippen molar-refractivity contribution in [2.75, 3.05) is 26.1 Å². The van der Waals surface area contributed by atoms with Crippen LogP contribution in [0.15, 0.2) is 57.9 Å². The van der Waals surface area contributed by atoms with Crippen LogP contribution in [0.1, 0.15) is 33.0 Å². The summed E-state index contributed by atoms with van der Waals surface area (Å²) in [7, 11) is 2.73. The first-order valence-electron chi connectivity index (χ1n) is 11.8. The molecule has 0 aliphatic carbocycles. The first-order valence-corrected chi connectivity index (χ1v) is 12.6. The van der Waals surface area contributed by atoms with Crippen molar-refractivity contribution in [3.63, 3.8) is 0 Å². The largest absolute Gasteiger partial charge is 0.493 e. The first kappa shape index (κ1) is 27.5. The topological polar surface area (TPSA) is 124 Å². The zero-order valence-electron chi connectivity index (χ0n) is 21.7.